The fourth-order valence-corrected chi connectivity index (χ4v) is 1.56. The van der Waals surface area contributed by atoms with E-state index in [9.17, 15) is 4.79 Å². The van der Waals surface area contributed by atoms with E-state index in [0.717, 1.165) is 17.1 Å². The van der Waals surface area contributed by atoms with Crippen molar-refractivity contribution in [1.82, 2.24) is 0 Å². The lowest BCUT2D eigenvalue weighted by atomic mass is 10.1. The average molecular weight is 226 g/mol. The first kappa shape index (κ1) is 11.4. The molecule has 2 aromatic carbocycles. The van der Waals surface area contributed by atoms with Crippen LogP contribution in [0.4, 0.5) is 0 Å². The summed E-state index contributed by atoms with van der Waals surface area (Å²) in [6.07, 6.45) is 0. The van der Waals surface area contributed by atoms with Gasteiger partial charge in [-0.15, -0.1) is 0 Å². The average Bonchev–Trinajstić information content (AvgIpc) is 2.33. The lowest BCUT2D eigenvalue weighted by molar-refractivity contribution is 0.101. The van der Waals surface area contributed by atoms with Gasteiger partial charge in [0.1, 0.15) is 11.5 Å². The molecule has 17 heavy (non-hydrogen) atoms. The smallest absolute Gasteiger partial charge is 0.159 e. The summed E-state index contributed by atoms with van der Waals surface area (Å²) in [5.74, 6) is 1.64. The van der Waals surface area contributed by atoms with Crippen molar-refractivity contribution in [2.45, 2.75) is 13.8 Å². The molecule has 2 rings (SSSR count). The zero-order valence-corrected chi connectivity index (χ0v) is 9.94. The summed E-state index contributed by atoms with van der Waals surface area (Å²) < 4.78 is 5.73. The molecule has 0 radical (unpaired) electrons. The van der Waals surface area contributed by atoms with E-state index in [4.69, 9.17) is 4.74 Å². The summed E-state index contributed by atoms with van der Waals surface area (Å²) in [4.78, 5) is 11.1. The Labute approximate surface area is 101 Å². The molecule has 0 aliphatic carbocycles. The monoisotopic (exact) mass is 226 g/mol. The molecule has 0 bridgehead atoms. The molecule has 0 saturated carbocycles. The molecule has 0 aromatic heterocycles. The minimum atomic E-state index is 0.0624. The molecule has 0 spiro atoms. The number of rotatable bonds is 3. The van der Waals surface area contributed by atoms with E-state index in [1.807, 2.05) is 43.3 Å². The van der Waals surface area contributed by atoms with Gasteiger partial charge in [-0.25, -0.2) is 0 Å². The van der Waals surface area contributed by atoms with Gasteiger partial charge in [0.25, 0.3) is 0 Å². The number of carbonyl (C=O) groups is 1. The maximum absolute atomic E-state index is 11.1. The largest absolute Gasteiger partial charge is 0.457 e. The van der Waals surface area contributed by atoms with E-state index in [-0.39, 0.29) is 5.78 Å². The lowest BCUT2D eigenvalue weighted by Crippen LogP contribution is -1.92. The maximum Gasteiger partial charge on any atom is 0.159 e. The van der Waals surface area contributed by atoms with Crippen LogP contribution in [0.2, 0.25) is 0 Å². The van der Waals surface area contributed by atoms with Crippen LogP contribution in [0, 0.1) is 6.92 Å². The van der Waals surface area contributed by atoms with Gasteiger partial charge >= 0.3 is 0 Å². The highest BCUT2D eigenvalue weighted by molar-refractivity contribution is 5.94. The Morgan fingerprint density at radius 1 is 1.00 bits per heavy atom. The van der Waals surface area contributed by atoms with Gasteiger partial charge in [0.05, 0.1) is 0 Å². The zero-order chi connectivity index (χ0) is 12.3. The number of hydrogen-bond donors (Lipinski definition) is 0. The third-order valence-electron chi connectivity index (χ3n) is 2.58. The quantitative estimate of drug-likeness (QED) is 0.740. The molecule has 2 heteroatoms. The van der Waals surface area contributed by atoms with Gasteiger partial charge in [-0.05, 0) is 49.7 Å². The molecule has 0 N–H and O–H groups in total. The number of Topliss-reactive ketones (excluding diaryl/α,β-unsaturated/α-hetero) is 1. The van der Waals surface area contributed by atoms with Crippen LogP contribution in [0.15, 0.2) is 48.5 Å². The van der Waals surface area contributed by atoms with E-state index in [1.54, 1.807) is 19.1 Å². The van der Waals surface area contributed by atoms with Crippen molar-refractivity contribution in [3.05, 3.63) is 59.7 Å². The first-order valence-electron chi connectivity index (χ1n) is 5.51. The summed E-state index contributed by atoms with van der Waals surface area (Å²) in [6, 6.07) is 15.0. The molecule has 0 heterocycles. The van der Waals surface area contributed by atoms with Crippen LogP contribution in [-0.2, 0) is 0 Å². The van der Waals surface area contributed by atoms with Crippen LogP contribution in [0.25, 0.3) is 0 Å². The summed E-state index contributed by atoms with van der Waals surface area (Å²) >= 11 is 0. The van der Waals surface area contributed by atoms with Gasteiger partial charge in [0.2, 0.25) is 0 Å². The van der Waals surface area contributed by atoms with Gasteiger partial charge in [0.15, 0.2) is 5.78 Å². The van der Waals surface area contributed by atoms with Crippen molar-refractivity contribution < 1.29 is 9.53 Å². The summed E-state index contributed by atoms with van der Waals surface area (Å²) in [5.41, 5.74) is 1.78. The Kier molecular flexibility index (Phi) is 3.24. The highest BCUT2D eigenvalue weighted by Crippen LogP contribution is 2.24. The highest BCUT2D eigenvalue weighted by atomic mass is 16.5. The normalized spacial score (nSPS) is 10.0. The Morgan fingerprint density at radius 3 is 2.24 bits per heavy atom. The maximum atomic E-state index is 11.1. The second-order valence-electron chi connectivity index (χ2n) is 3.95. The number of ketones is 1. The molecule has 0 aliphatic heterocycles. The van der Waals surface area contributed by atoms with E-state index < -0.39 is 0 Å². The number of aryl methyl sites for hydroxylation is 1. The zero-order valence-electron chi connectivity index (χ0n) is 9.94. The third kappa shape index (κ3) is 2.72. The van der Waals surface area contributed by atoms with Gasteiger partial charge in [0, 0.05) is 5.56 Å². The third-order valence-corrected chi connectivity index (χ3v) is 2.58. The number of para-hydroxylation sites is 1. The van der Waals surface area contributed by atoms with Gasteiger partial charge in [-0.2, -0.15) is 0 Å². The minimum Gasteiger partial charge on any atom is -0.457 e. The number of benzene rings is 2. The molecule has 0 amide bonds. The topological polar surface area (TPSA) is 26.3 Å². The number of ether oxygens (including phenoxy) is 1. The summed E-state index contributed by atoms with van der Waals surface area (Å²) in [5, 5.41) is 0. The van der Waals surface area contributed by atoms with Crippen LogP contribution in [-0.4, -0.2) is 5.78 Å². The SMILES string of the molecule is CC(=O)c1ccc(Oc2ccccc2C)cc1. The molecule has 0 unspecified atom stereocenters. The van der Waals surface area contributed by atoms with Crippen molar-refractivity contribution >= 4 is 5.78 Å². The first-order chi connectivity index (χ1) is 8.16. The fourth-order valence-electron chi connectivity index (χ4n) is 1.56. The summed E-state index contributed by atoms with van der Waals surface area (Å²) in [7, 11) is 0. The Bertz CT molecular complexity index is 527. The first-order valence-corrected chi connectivity index (χ1v) is 5.51. The molecule has 0 atom stereocenters. The van der Waals surface area contributed by atoms with Gasteiger partial charge in [-0.1, -0.05) is 18.2 Å². The van der Waals surface area contributed by atoms with E-state index in [1.165, 1.54) is 0 Å². The van der Waals surface area contributed by atoms with E-state index in [2.05, 4.69) is 0 Å². The van der Waals surface area contributed by atoms with Crippen molar-refractivity contribution in [1.29, 1.82) is 0 Å². The molecule has 0 aliphatic rings. The predicted octanol–water partition coefficient (Wildman–Crippen LogP) is 3.99. The standard InChI is InChI=1S/C15H14O2/c1-11-5-3-4-6-15(11)17-14-9-7-13(8-10-14)12(2)16/h3-10H,1-2H3. The molecule has 86 valence electrons. The minimum absolute atomic E-state index is 0.0624. The van der Waals surface area contributed by atoms with Crippen LogP contribution < -0.4 is 4.74 Å². The van der Waals surface area contributed by atoms with Crippen LogP contribution in [0.5, 0.6) is 11.5 Å². The van der Waals surface area contributed by atoms with Gasteiger partial charge < -0.3 is 4.74 Å². The number of carbonyl (C=O) groups excluding carboxylic acids is 1. The van der Waals surface area contributed by atoms with E-state index >= 15 is 0 Å². The Balaban J connectivity index is 2.20. The highest BCUT2D eigenvalue weighted by Gasteiger charge is 2.02. The Hall–Kier alpha value is -2.09. The Morgan fingerprint density at radius 2 is 1.65 bits per heavy atom. The van der Waals surface area contributed by atoms with Crippen LogP contribution >= 0.6 is 0 Å². The lowest BCUT2D eigenvalue weighted by Gasteiger charge is -2.08. The summed E-state index contributed by atoms with van der Waals surface area (Å²) in [6.45, 7) is 3.55. The van der Waals surface area contributed by atoms with Gasteiger partial charge in [-0.3, -0.25) is 4.79 Å². The van der Waals surface area contributed by atoms with Crippen molar-refractivity contribution in [2.24, 2.45) is 0 Å². The molecule has 0 saturated heterocycles. The van der Waals surface area contributed by atoms with E-state index in [0.29, 0.717) is 5.56 Å². The van der Waals surface area contributed by atoms with Crippen molar-refractivity contribution in [3.63, 3.8) is 0 Å². The van der Waals surface area contributed by atoms with Crippen molar-refractivity contribution in [3.8, 4) is 11.5 Å². The molecule has 0 fully saturated rings. The van der Waals surface area contributed by atoms with Crippen LogP contribution in [0.3, 0.4) is 0 Å². The molecular weight excluding hydrogens is 212 g/mol. The second-order valence-corrected chi connectivity index (χ2v) is 3.95. The predicted molar refractivity (Wildman–Crippen MR) is 67.7 cm³/mol. The molecule has 2 aromatic rings. The fraction of sp³-hybridized carbons (Fsp3) is 0.133. The van der Waals surface area contributed by atoms with Crippen molar-refractivity contribution in [2.75, 3.05) is 0 Å². The van der Waals surface area contributed by atoms with Crippen LogP contribution in [0.1, 0.15) is 22.8 Å². The molecular formula is C15H14O2. The molecule has 2 nitrogen and oxygen atoms in total. The second kappa shape index (κ2) is 4.83. The number of hydrogen-bond acceptors (Lipinski definition) is 2.